The molecule has 5 nitrogen and oxygen atoms in total. The SMILES string of the molecule is CCC(C)C(N)C(=O)NCCCC(=O)N1CCc2ccccc21.Cl. The Bertz CT molecular complexity index is 565. The Morgan fingerprint density at radius 2 is 2.04 bits per heavy atom. The lowest BCUT2D eigenvalue weighted by Gasteiger charge is -2.19. The van der Waals surface area contributed by atoms with E-state index in [-0.39, 0.29) is 30.1 Å². The summed E-state index contributed by atoms with van der Waals surface area (Å²) >= 11 is 0. The third kappa shape index (κ3) is 4.95. The van der Waals surface area contributed by atoms with Crippen molar-refractivity contribution >= 4 is 29.9 Å². The molecule has 0 aliphatic carbocycles. The minimum atomic E-state index is -0.471. The van der Waals surface area contributed by atoms with Crippen LogP contribution in [0.3, 0.4) is 0 Å². The van der Waals surface area contributed by atoms with Crippen molar-refractivity contribution in [1.82, 2.24) is 5.32 Å². The van der Waals surface area contributed by atoms with Gasteiger partial charge in [0.1, 0.15) is 0 Å². The number of rotatable bonds is 7. The van der Waals surface area contributed by atoms with E-state index in [4.69, 9.17) is 5.73 Å². The minimum Gasteiger partial charge on any atom is -0.355 e. The van der Waals surface area contributed by atoms with Gasteiger partial charge in [0.25, 0.3) is 0 Å². The standard InChI is InChI=1S/C18H27N3O2.ClH/c1-3-13(2)17(19)18(23)20-11-6-9-16(22)21-12-10-14-7-4-5-8-15(14)21;/h4-5,7-8,13,17H,3,6,9-12,19H2,1-2H3,(H,20,23);1H. The van der Waals surface area contributed by atoms with Gasteiger partial charge in [-0.2, -0.15) is 0 Å². The fraction of sp³-hybridized carbons (Fsp3) is 0.556. The number of nitrogens with zero attached hydrogens (tertiary/aromatic N) is 1. The quantitative estimate of drug-likeness (QED) is 0.738. The first kappa shape index (κ1) is 20.5. The van der Waals surface area contributed by atoms with Crippen molar-refractivity contribution in [3.05, 3.63) is 29.8 Å². The highest BCUT2D eigenvalue weighted by molar-refractivity contribution is 5.95. The number of carbonyl (C=O) groups excluding carboxylic acids is 2. The van der Waals surface area contributed by atoms with Gasteiger partial charge in [0.15, 0.2) is 0 Å². The normalized spacial score (nSPS) is 15.2. The summed E-state index contributed by atoms with van der Waals surface area (Å²) in [7, 11) is 0. The summed E-state index contributed by atoms with van der Waals surface area (Å²) in [6.45, 7) is 5.23. The van der Waals surface area contributed by atoms with Crippen LogP contribution in [0.2, 0.25) is 0 Å². The highest BCUT2D eigenvalue weighted by Gasteiger charge is 2.23. The molecule has 1 aromatic rings. The first-order valence-electron chi connectivity index (χ1n) is 8.46. The molecule has 6 heteroatoms. The fourth-order valence-corrected chi connectivity index (χ4v) is 2.81. The number of benzene rings is 1. The second kappa shape index (κ2) is 9.64. The van der Waals surface area contributed by atoms with Crippen LogP contribution in [0, 0.1) is 5.92 Å². The minimum absolute atomic E-state index is 0. The molecule has 2 atom stereocenters. The topological polar surface area (TPSA) is 75.4 Å². The molecule has 0 radical (unpaired) electrons. The summed E-state index contributed by atoms with van der Waals surface area (Å²) in [6, 6.07) is 7.55. The van der Waals surface area contributed by atoms with Crippen LogP contribution in [0.5, 0.6) is 0 Å². The number of amides is 2. The lowest BCUT2D eigenvalue weighted by atomic mass is 9.99. The Morgan fingerprint density at radius 1 is 1.33 bits per heavy atom. The first-order valence-corrected chi connectivity index (χ1v) is 8.46. The van der Waals surface area contributed by atoms with Crippen LogP contribution in [-0.2, 0) is 16.0 Å². The number of halogens is 1. The third-order valence-corrected chi connectivity index (χ3v) is 4.61. The van der Waals surface area contributed by atoms with Gasteiger partial charge in [-0.05, 0) is 30.4 Å². The van der Waals surface area contributed by atoms with Gasteiger partial charge in [-0.25, -0.2) is 0 Å². The number of anilines is 1. The van der Waals surface area contributed by atoms with Crippen molar-refractivity contribution in [2.45, 2.75) is 45.6 Å². The fourth-order valence-electron chi connectivity index (χ4n) is 2.81. The second-order valence-electron chi connectivity index (χ2n) is 6.23. The van der Waals surface area contributed by atoms with Crippen LogP contribution in [0.1, 0.15) is 38.7 Å². The number of para-hydroxylation sites is 1. The van der Waals surface area contributed by atoms with Crippen LogP contribution in [0.4, 0.5) is 5.69 Å². The second-order valence-corrected chi connectivity index (χ2v) is 6.23. The maximum atomic E-state index is 12.3. The average molecular weight is 354 g/mol. The van der Waals surface area contributed by atoms with Gasteiger partial charge in [-0.3, -0.25) is 9.59 Å². The molecule has 1 aromatic carbocycles. The molecule has 1 heterocycles. The summed E-state index contributed by atoms with van der Waals surface area (Å²) < 4.78 is 0. The molecule has 0 aromatic heterocycles. The summed E-state index contributed by atoms with van der Waals surface area (Å²) in [4.78, 5) is 26.1. The molecule has 2 amide bonds. The molecule has 0 saturated carbocycles. The Balaban J connectivity index is 0.00000288. The van der Waals surface area contributed by atoms with Crippen molar-refractivity contribution in [3.8, 4) is 0 Å². The van der Waals surface area contributed by atoms with E-state index in [2.05, 4.69) is 11.4 Å². The van der Waals surface area contributed by atoms with E-state index < -0.39 is 6.04 Å². The van der Waals surface area contributed by atoms with E-state index in [1.54, 1.807) is 0 Å². The summed E-state index contributed by atoms with van der Waals surface area (Å²) in [5, 5.41) is 2.83. The Hall–Kier alpha value is -1.59. The van der Waals surface area contributed by atoms with E-state index in [9.17, 15) is 9.59 Å². The van der Waals surface area contributed by atoms with Crippen LogP contribution in [0.25, 0.3) is 0 Å². The maximum absolute atomic E-state index is 12.3. The molecule has 0 saturated heterocycles. The van der Waals surface area contributed by atoms with Crippen LogP contribution in [0.15, 0.2) is 24.3 Å². The lowest BCUT2D eigenvalue weighted by Crippen LogP contribution is -2.45. The zero-order chi connectivity index (χ0) is 16.8. The Kier molecular flexibility index (Phi) is 8.22. The Morgan fingerprint density at radius 3 is 2.75 bits per heavy atom. The largest absolute Gasteiger partial charge is 0.355 e. The molecule has 2 rings (SSSR count). The van der Waals surface area contributed by atoms with Gasteiger partial charge in [-0.15, -0.1) is 12.4 Å². The monoisotopic (exact) mass is 353 g/mol. The lowest BCUT2D eigenvalue weighted by molar-refractivity contribution is -0.124. The number of hydrogen-bond donors (Lipinski definition) is 2. The van der Waals surface area contributed by atoms with E-state index in [1.807, 2.05) is 36.9 Å². The van der Waals surface area contributed by atoms with Crippen molar-refractivity contribution in [2.75, 3.05) is 18.0 Å². The Labute approximate surface area is 150 Å². The average Bonchev–Trinajstić information content (AvgIpc) is 3.01. The summed E-state index contributed by atoms with van der Waals surface area (Å²) in [6.07, 6.45) is 2.87. The maximum Gasteiger partial charge on any atom is 0.237 e. The van der Waals surface area contributed by atoms with E-state index in [0.29, 0.717) is 19.4 Å². The van der Waals surface area contributed by atoms with Crippen LogP contribution >= 0.6 is 12.4 Å². The van der Waals surface area contributed by atoms with Gasteiger partial charge in [0, 0.05) is 25.2 Å². The predicted molar refractivity (Wildman–Crippen MR) is 99.4 cm³/mol. The molecular weight excluding hydrogens is 326 g/mol. The van der Waals surface area contributed by atoms with Crippen LogP contribution in [-0.4, -0.2) is 30.9 Å². The number of fused-ring (bicyclic) bond motifs is 1. The van der Waals surface area contributed by atoms with Gasteiger partial charge < -0.3 is 16.0 Å². The van der Waals surface area contributed by atoms with Gasteiger partial charge in [-0.1, -0.05) is 38.5 Å². The number of nitrogens with one attached hydrogen (secondary N) is 1. The zero-order valence-electron chi connectivity index (χ0n) is 14.5. The molecule has 2 unspecified atom stereocenters. The van der Waals surface area contributed by atoms with Crippen LogP contribution < -0.4 is 16.0 Å². The zero-order valence-corrected chi connectivity index (χ0v) is 15.3. The third-order valence-electron chi connectivity index (χ3n) is 4.61. The molecular formula is C18H28ClN3O2. The highest BCUT2D eigenvalue weighted by Crippen LogP contribution is 2.27. The highest BCUT2D eigenvalue weighted by atomic mass is 35.5. The molecule has 0 bridgehead atoms. The predicted octanol–water partition coefficient (Wildman–Crippen LogP) is 2.27. The summed E-state index contributed by atoms with van der Waals surface area (Å²) in [5.41, 5.74) is 8.14. The van der Waals surface area contributed by atoms with Crippen molar-refractivity contribution in [1.29, 1.82) is 0 Å². The number of nitrogens with two attached hydrogens (primary N) is 1. The van der Waals surface area contributed by atoms with E-state index in [1.165, 1.54) is 5.56 Å². The molecule has 1 aliphatic rings. The van der Waals surface area contributed by atoms with Crippen molar-refractivity contribution < 1.29 is 9.59 Å². The van der Waals surface area contributed by atoms with E-state index >= 15 is 0 Å². The smallest absolute Gasteiger partial charge is 0.237 e. The molecule has 1 aliphatic heterocycles. The van der Waals surface area contributed by atoms with Crippen molar-refractivity contribution in [3.63, 3.8) is 0 Å². The molecule has 134 valence electrons. The molecule has 0 fully saturated rings. The van der Waals surface area contributed by atoms with E-state index in [0.717, 1.165) is 25.1 Å². The molecule has 0 spiro atoms. The number of carbonyl (C=O) groups is 2. The first-order chi connectivity index (χ1) is 11.0. The van der Waals surface area contributed by atoms with Gasteiger partial charge >= 0.3 is 0 Å². The molecule has 24 heavy (non-hydrogen) atoms. The van der Waals surface area contributed by atoms with Gasteiger partial charge in [0.05, 0.1) is 6.04 Å². The number of hydrogen-bond acceptors (Lipinski definition) is 3. The summed E-state index contributed by atoms with van der Waals surface area (Å²) in [5.74, 6) is 0.159. The van der Waals surface area contributed by atoms with Crippen molar-refractivity contribution in [2.24, 2.45) is 11.7 Å². The molecule has 3 N–H and O–H groups in total. The van der Waals surface area contributed by atoms with Gasteiger partial charge in [0.2, 0.25) is 11.8 Å².